The van der Waals surface area contributed by atoms with Gasteiger partial charge in [0.2, 0.25) is 0 Å². The number of carbonyl (C=O) groups is 1. The van der Waals surface area contributed by atoms with Crippen LogP contribution in [0.5, 0.6) is 0 Å². The van der Waals surface area contributed by atoms with E-state index in [1.54, 1.807) is 0 Å². The lowest BCUT2D eigenvalue weighted by atomic mass is 10.2. The van der Waals surface area contributed by atoms with Crippen molar-refractivity contribution in [2.24, 2.45) is 0 Å². The number of hydrogen-bond donors (Lipinski definition) is 2. The highest BCUT2D eigenvalue weighted by molar-refractivity contribution is 6.88. The molecule has 0 amide bonds. The maximum atomic E-state index is 10.4. The highest BCUT2D eigenvalue weighted by Crippen LogP contribution is 2.06. The molecular formula is C10H19N3O3Si. The Morgan fingerprint density at radius 3 is 2.71 bits per heavy atom. The largest absolute Gasteiger partial charge is 0.480 e. The molecule has 17 heavy (non-hydrogen) atoms. The van der Waals surface area contributed by atoms with Gasteiger partial charge in [-0.05, 0) is 6.92 Å². The van der Waals surface area contributed by atoms with E-state index in [4.69, 9.17) is 9.84 Å². The van der Waals surface area contributed by atoms with E-state index in [0.717, 1.165) is 11.0 Å². The topological polar surface area (TPSA) is 88.1 Å². The van der Waals surface area contributed by atoms with E-state index in [1.165, 1.54) is 0 Å². The molecule has 0 spiro atoms. The van der Waals surface area contributed by atoms with Crippen molar-refractivity contribution >= 4 is 19.4 Å². The number of ether oxygens (including phenoxy) is 1. The van der Waals surface area contributed by atoms with Crippen molar-refractivity contribution in [2.75, 3.05) is 6.61 Å². The number of aromatic amines is 1. The van der Waals surface area contributed by atoms with Crippen LogP contribution in [0.15, 0.2) is 0 Å². The third-order valence-electron chi connectivity index (χ3n) is 2.31. The van der Waals surface area contributed by atoms with Gasteiger partial charge in [0.15, 0.2) is 0 Å². The molecule has 0 saturated carbocycles. The fraction of sp³-hybridized carbons (Fsp3) is 0.700. The third-order valence-corrected chi connectivity index (χ3v) is 4.14. The van der Waals surface area contributed by atoms with Gasteiger partial charge in [-0.15, -0.1) is 5.10 Å². The highest BCUT2D eigenvalue weighted by atomic mass is 28.3. The summed E-state index contributed by atoms with van der Waals surface area (Å²) in [6.07, 6.45) is 0.448. The van der Waals surface area contributed by atoms with Crippen molar-refractivity contribution in [3.63, 3.8) is 0 Å². The number of H-pyrrole nitrogens is 1. The number of carboxylic acids is 1. The van der Waals surface area contributed by atoms with Crippen LogP contribution in [-0.4, -0.2) is 47.3 Å². The van der Waals surface area contributed by atoms with Gasteiger partial charge in [0, 0.05) is 6.42 Å². The Labute approximate surface area is 101 Å². The lowest BCUT2D eigenvalue weighted by Gasteiger charge is -2.16. The number of rotatable bonds is 6. The summed E-state index contributed by atoms with van der Waals surface area (Å²) in [6, 6.07) is 0. The molecule has 0 unspecified atom stereocenters. The molecule has 0 aromatic carbocycles. The summed E-state index contributed by atoms with van der Waals surface area (Å²) in [7, 11) is -1.51. The van der Waals surface area contributed by atoms with Gasteiger partial charge in [0.25, 0.3) is 0 Å². The smallest absolute Gasteiger partial charge is 0.329 e. The van der Waals surface area contributed by atoms with Crippen LogP contribution in [-0.2, 0) is 16.0 Å². The Morgan fingerprint density at radius 2 is 2.18 bits per heavy atom. The van der Waals surface area contributed by atoms with Gasteiger partial charge >= 0.3 is 5.97 Å². The minimum atomic E-state index is -1.51. The van der Waals surface area contributed by atoms with Crippen LogP contribution in [0.4, 0.5) is 0 Å². The molecule has 0 fully saturated rings. The number of nitrogens with zero attached hydrogens (tertiary/aromatic N) is 2. The van der Waals surface area contributed by atoms with Crippen LogP contribution in [0.2, 0.25) is 19.6 Å². The van der Waals surface area contributed by atoms with E-state index in [1.807, 2.05) is 6.92 Å². The van der Waals surface area contributed by atoms with E-state index in [-0.39, 0.29) is 12.7 Å². The molecule has 1 heterocycles. The molecule has 1 atom stereocenters. The lowest BCUT2D eigenvalue weighted by Crippen LogP contribution is -2.42. The molecule has 6 nitrogen and oxygen atoms in total. The van der Waals surface area contributed by atoms with Gasteiger partial charge in [-0.3, -0.25) is 5.10 Å². The third kappa shape index (κ3) is 4.27. The van der Waals surface area contributed by atoms with Crippen molar-refractivity contribution in [1.29, 1.82) is 0 Å². The maximum Gasteiger partial charge on any atom is 0.329 e. The maximum absolute atomic E-state index is 10.4. The lowest BCUT2D eigenvalue weighted by molar-refractivity contribution is -0.144. The summed E-state index contributed by atoms with van der Waals surface area (Å²) in [6.45, 7) is 8.15. The molecule has 0 saturated heterocycles. The molecule has 1 aromatic rings. The average molecular weight is 257 g/mol. The summed E-state index contributed by atoms with van der Waals surface area (Å²) >= 11 is 0. The standard InChI is InChI=1S/C10H19N3O3Si/c1-7(16-6-9(14)15)5-8-10(12-13-11-8)17(2,3)4/h7H,5-6H2,1-4H3,(H,14,15)(H,11,12,13)/t7-/m0/s1. The van der Waals surface area contributed by atoms with Crippen LogP contribution >= 0.6 is 0 Å². The number of aliphatic carboxylic acids is 1. The molecule has 0 radical (unpaired) electrons. The van der Waals surface area contributed by atoms with Crippen LogP contribution < -0.4 is 5.32 Å². The fourth-order valence-corrected chi connectivity index (χ4v) is 2.97. The van der Waals surface area contributed by atoms with Crippen molar-refractivity contribution in [1.82, 2.24) is 15.4 Å². The van der Waals surface area contributed by atoms with Crippen molar-refractivity contribution in [3.05, 3.63) is 5.69 Å². The van der Waals surface area contributed by atoms with Crippen LogP contribution in [0.3, 0.4) is 0 Å². The minimum Gasteiger partial charge on any atom is -0.480 e. The summed E-state index contributed by atoms with van der Waals surface area (Å²) in [5.41, 5.74) is 0.960. The second-order valence-corrected chi connectivity index (χ2v) is 10.1. The van der Waals surface area contributed by atoms with Gasteiger partial charge in [-0.25, -0.2) is 4.79 Å². The Morgan fingerprint density at radius 1 is 1.53 bits per heavy atom. The zero-order chi connectivity index (χ0) is 13.1. The molecule has 0 aliphatic heterocycles. The van der Waals surface area contributed by atoms with E-state index in [9.17, 15) is 4.79 Å². The number of hydrogen-bond acceptors (Lipinski definition) is 4. The van der Waals surface area contributed by atoms with E-state index in [2.05, 4.69) is 35.1 Å². The summed E-state index contributed by atoms with van der Waals surface area (Å²) in [5, 5.41) is 20.4. The molecule has 96 valence electrons. The minimum absolute atomic E-state index is 0.163. The van der Waals surface area contributed by atoms with Gasteiger partial charge in [0.1, 0.15) is 14.7 Å². The number of nitrogens with one attached hydrogen (secondary N) is 1. The molecule has 7 heteroatoms. The molecule has 1 aromatic heterocycles. The first-order valence-corrected chi connectivity index (χ1v) is 9.04. The Bertz CT molecular complexity index is 386. The number of carboxylic acid groups (broad SMARTS) is 1. The fourth-order valence-electron chi connectivity index (χ4n) is 1.55. The predicted octanol–water partition coefficient (Wildman–Crippen LogP) is 0.382. The first-order chi connectivity index (χ1) is 7.80. The Kier molecular flexibility index (Phi) is 4.41. The average Bonchev–Trinajstić information content (AvgIpc) is 2.62. The summed E-state index contributed by atoms with van der Waals surface area (Å²) in [5.74, 6) is -0.954. The van der Waals surface area contributed by atoms with Crippen molar-refractivity contribution < 1.29 is 14.6 Å². The van der Waals surface area contributed by atoms with Gasteiger partial charge in [0.05, 0.1) is 17.1 Å². The van der Waals surface area contributed by atoms with Gasteiger partial charge < -0.3 is 9.84 Å². The Balaban J connectivity index is 2.63. The Hall–Kier alpha value is -1.21. The quantitative estimate of drug-likeness (QED) is 0.719. The molecule has 0 bridgehead atoms. The van der Waals surface area contributed by atoms with E-state index in [0.29, 0.717) is 6.42 Å². The second-order valence-electron chi connectivity index (χ2n) is 5.11. The van der Waals surface area contributed by atoms with Crippen molar-refractivity contribution in [3.8, 4) is 0 Å². The predicted molar refractivity (Wildman–Crippen MR) is 66.1 cm³/mol. The monoisotopic (exact) mass is 257 g/mol. The van der Waals surface area contributed by atoms with Crippen LogP contribution in [0.1, 0.15) is 12.6 Å². The highest BCUT2D eigenvalue weighted by Gasteiger charge is 2.25. The van der Waals surface area contributed by atoms with Crippen LogP contribution in [0, 0.1) is 0 Å². The molecule has 1 rings (SSSR count). The van der Waals surface area contributed by atoms with Gasteiger partial charge in [-0.2, -0.15) is 0 Å². The van der Waals surface area contributed by atoms with Crippen LogP contribution in [0.25, 0.3) is 0 Å². The van der Waals surface area contributed by atoms with Gasteiger partial charge in [-0.1, -0.05) is 24.9 Å². The molecular weight excluding hydrogens is 238 g/mol. The SMILES string of the molecule is C[C@@H](Cc1[nH]nnc1[Si](C)(C)C)OCC(=O)O. The first kappa shape index (κ1) is 13.9. The van der Waals surface area contributed by atoms with E-state index >= 15 is 0 Å². The number of aromatic nitrogens is 3. The molecule has 0 aliphatic rings. The zero-order valence-corrected chi connectivity index (χ0v) is 11.6. The summed E-state index contributed by atoms with van der Waals surface area (Å²) < 4.78 is 5.18. The molecule has 2 N–H and O–H groups in total. The molecule has 0 aliphatic carbocycles. The van der Waals surface area contributed by atoms with E-state index < -0.39 is 14.0 Å². The van der Waals surface area contributed by atoms with Crippen molar-refractivity contribution in [2.45, 2.75) is 39.1 Å². The normalized spacial score (nSPS) is 13.6. The first-order valence-electron chi connectivity index (χ1n) is 5.54. The zero-order valence-electron chi connectivity index (χ0n) is 10.6. The summed E-state index contributed by atoms with van der Waals surface area (Å²) in [4.78, 5) is 10.4. The second kappa shape index (κ2) is 5.41.